The molecule has 5 aromatic carbocycles. The molecule has 0 radical (unpaired) electrons. The predicted octanol–water partition coefficient (Wildman–Crippen LogP) is 8.31. The van der Waals surface area contributed by atoms with Gasteiger partial charge in [-0.2, -0.15) is 0 Å². The summed E-state index contributed by atoms with van der Waals surface area (Å²) in [6.07, 6.45) is 0. The van der Waals surface area contributed by atoms with Crippen molar-refractivity contribution in [3.8, 4) is 22.3 Å². The van der Waals surface area contributed by atoms with Crippen LogP contribution in [0.2, 0.25) is 0 Å². The molecule has 2 aromatic heterocycles. The third kappa shape index (κ3) is 2.69. The van der Waals surface area contributed by atoms with Crippen LogP contribution in [0.25, 0.3) is 65.9 Å². The quantitative estimate of drug-likeness (QED) is 0.258. The minimum atomic E-state index is 1.25. The summed E-state index contributed by atoms with van der Waals surface area (Å²) in [6, 6.07) is 39.8. The average molecular weight is 437 g/mol. The Morgan fingerprint density at radius 2 is 0.853 bits per heavy atom. The van der Waals surface area contributed by atoms with Crippen LogP contribution in [0.5, 0.6) is 0 Å². The molecule has 7 aromatic rings. The molecule has 0 aliphatic carbocycles. The Morgan fingerprint density at radius 3 is 1.59 bits per heavy atom. The molecule has 2 heteroatoms. The van der Waals surface area contributed by atoms with Crippen LogP contribution >= 0.6 is 0 Å². The first-order chi connectivity index (χ1) is 16.7. The van der Waals surface area contributed by atoms with E-state index in [1.165, 1.54) is 65.9 Å². The van der Waals surface area contributed by atoms with Gasteiger partial charge in [-0.3, -0.25) is 0 Å². The number of fused-ring (bicyclic) bond motifs is 6. The molecule has 0 unspecified atom stereocenters. The van der Waals surface area contributed by atoms with Crippen molar-refractivity contribution in [1.29, 1.82) is 0 Å². The molecule has 0 atom stereocenters. The van der Waals surface area contributed by atoms with Crippen molar-refractivity contribution in [3.63, 3.8) is 0 Å². The molecule has 0 saturated carbocycles. The van der Waals surface area contributed by atoms with E-state index in [9.17, 15) is 0 Å². The van der Waals surface area contributed by atoms with Gasteiger partial charge in [0, 0.05) is 57.7 Å². The van der Waals surface area contributed by atoms with Gasteiger partial charge in [-0.05, 0) is 58.7 Å². The third-order valence-electron chi connectivity index (χ3n) is 7.36. The molecule has 2 nitrogen and oxygen atoms in total. The maximum absolute atomic E-state index is 2.36. The first-order valence-corrected chi connectivity index (χ1v) is 11.7. The molecule has 2 heterocycles. The highest BCUT2D eigenvalue weighted by atomic mass is 14.9. The molecule has 0 aliphatic rings. The van der Waals surface area contributed by atoms with Crippen molar-refractivity contribution in [3.05, 3.63) is 109 Å². The van der Waals surface area contributed by atoms with Crippen molar-refractivity contribution in [2.45, 2.75) is 0 Å². The Bertz CT molecular complexity index is 1870. The SMILES string of the molecule is Cn1c2ccc(-c3ccccc3)cc2c2cc(-c3ccc4c5ccccc5n(C)c4c3)ccc21. The van der Waals surface area contributed by atoms with Gasteiger partial charge in [0.2, 0.25) is 0 Å². The van der Waals surface area contributed by atoms with E-state index in [1.54, 1.807) is 0 Å². The van der Waals surface area contributed by atoms with Gasteiger partial charge in [0.1, 0.15) is 0 Å². The topological polar surface area (TPSA) is 9.86 Å². The second-order valence-corrected chi connectivity index (χ2v) is 9.20. The van der Waals surface area contributed by atoms with E-state index in [0.717, 1.165) is 0 Å². The molecule has 0 amide bonds. The fraction of sp³-hybridized carbons (Fsp3) is 0.0625. The summed E-state index contributed by atoms with van der Waals surface area (Å²) >= 11 is 0. The molecule has 0 spiro atoms. The Morgan fingerprint density at radius 1 is 0.353 bits per heavy atom. The minimum absolute atomic E-state index is 1.25. The summed E-state index contributed by atoms with van der Waals surface area (Å²) in [7, 11) is 4.32. The molecular weight excluding hydrogens is 412 g/mol. The number of para-hydroxylation sites is 1. The number of rotatable bonds is 2. The van der Waals surface area contributed by atoms with Crippen molar-refractivity contribution < 1.29 is 0 Å². The molecule has 0 N–H and O–H groups in total. The lowest BCUT2D eigenvalue weighted by Gasteiger charge is -2.05. The summed E-state index contributed by atoms with van der Waals surface area (Å²) in [4.78, 5) is 0. The van der Waals surface area contributed by atoms with Gasteiger partial charge < -0.3 is 9.13 Å². The number of hydrogen-bond acceptors (Lipinski definition) is 0. The van der Waals surface area contributed by atoms with Crippen LogP contribution in [0.3, 0.4) is 0 Å². The van der Waals surface area contributed by atoms with Crippen LogP contribution < -0.4 is 0 Å². The van der Waals surface area contributed by atoms with Crippen LogP contribution in [-0.4, -0.2) is 9.13 Å². The van der Waals surface area contributed by atoms with E-state index in [4.69, 9.17) is 0 Å². The first kappa shape index (κ1) is 19.2. The highest BCUT2D eigenvalue weighted by Crippen LogP contribution is 2.36. The number of aromatic nitrogens is 2. The van der Waals surface area contributed by atoms with Crippen molar-refractivity contribution in [2.24, 2.45) is 14.1 Å². The van der Waals surface area contributed by atoms with Gasteiger partial charge in [0.25, 0.3) is 0 Å². The van der Waals surface area contributed by atoms with Crippen LogP contribution in [0.15, 0.2) is 109 Å². The van der Waals surface area contributed by atoms with Crippen LogP contribution in [-0.2, 0) is 14.1 Å². The highest BCUT2D eigenvalue weighted by molar-refractivity contribution is 6.11. The molecule has 34 heavy (non-hydrogen) atoms. The van der Waals surface area contributed by atoms with E-state index in [-0.39, 0.29) is 0 Å². The van der Waals surface area contributed by atoms with E-state index in [2.05, 4.69) is 132 Å². The fourth-order valence-corrected chi connectivity index (χ4v) is 5.55. The molecule has 0 bridgehead atoms. The summed E-state index contributed by atoms with van der Waals surface area (Å²) in [6.45, 7) is 0. The number of hydrogen-bond donors (Lipinski definition) is 0. The molecule has 0 aliphatic heterocycles. The summed E-state index contributed by atoms with van der Waals surface area (Å²) in [5, 5.41) is 5.21. The van der Waals surface area contributed by atoms with Crippen molar-refractivity contribution in [1.82, 2.24) is 9.13 Å². The lowest BCUT2D eigenvalue weighted by atomic mass is 9.99. The van der Waals surface area contributed by atoms with Crippen molar-refractivity contribution >= 4 is 43.6 Å². The lowest BCUT2D eigenvalue weighted by Crippen LogP contribution is -1.88. The monoisotopic (exact) mass is 436 g/mol. The number of nitrogens with zero attached hydrogens (tertiary/aromatic N) is 2. The normalized spacial score (nSPS) is 11.8. The first-order valence-electron chi connectivity index (χ1n) is 11.7. The maximum atomic E-state index is 2.36. The van der Waals surface area contributed by atoms with Crippen LogP contribution in [0.4, 0.5) is 0 Å². The Labute approximate surface area is 198 Å². The van der Waals surface area contributed by atoms with E-state index in [0.29, 0.717) is 0 Å². The maximum Gasteiger partial charge on any atom is 0.0494 e. The smallest absolute Gasteiger partial charge is 0.0494 e. The zero-order valence-electron chi connectivity index (χ0n) is 19.3. The van der Waals surface area contributed by atoms with Gasteiger partial charge >= 0.3 is 0 Å². The standard InChI is InChI=1S/C32H24N2/c1-33-30-16-13-22(21-8-4-3-5-9-21)18-27(30)28-19-23(14-17-31(28)33)24-12-15-26-25-10-6-7-11-29(25)34(2)32(26)20-24/h3-20H,1-2H3. The van der Waals surface area contributed by atoms with E-state index < -0.39 is 0 Å². The third-order valence-corrected chi connectivity index (χ3v) is 7.36. The van der Waals surface area contributed by atoms with Crippen LogP contribution in [0.1, 0.15) is 0 Å². The van der Waals surface area contributed by atoms with Gasteiger partial charge in [0.05, 0.1) is 0 Å². The Kier molecular flexibility index (Phi) is 4.01. The van der Waals surface area contributed by atoms with Gasteiger partial charge in [-0.1, -0.05) is 72.8 Å². The van der Waals surface area contributed by atoms with Crippen molar-refractivity contribution in [2.75, 3.05) is 0 Å². The van der Waals surface area contributed by atoms with E-state index >= 15 is 0 Å². The summed E-state index contributed by atoms with van der Waals surface area (Å²) < 4.78 is 4.60. The van der Waals surface area contributed by atoms with E-state index in [1.807, 2.05) is 0 Å². The Balaban J connectivity index is 1.44. The molecule has 0 saturated heterocycles. The summed E-state index contributed by atoms with van der Waals surface area (Å²) in [5.41, 5.74) is 10.1. The predicted molar refractivity (Wildman–Crippen MR) is 145 cm³/mol. The zero-order valence-corrected chi connectivity index (χ0v) is 19.3. The zero-order chi connectivity index (χ0) is 22.8. The second-order valence-electron chi connectivity index (χ2n) is 9.20. The molecule has 0 fully saturated rings. The average Bonchev–Trinajstić information content (AvgIpc) is 3.35. The number of benzene rings is 5. The molecule has 7 rings (SSSR count). The number of aryl methyl sites for hydroxylation is 2. The van der Waals surface area contributed by atoms with Gasteiger partial charge in [0.15, 0.2) is 0 Å². The van der Waals surface area contributed by atoms with Crippen LogP contribution in [0, 0.1) is 0 Å². The van der Waals surface area contributed by atoms with Gasteiger partial charge in [-0.25, -0.2) is 0 Å². The largest absolute Gasteiger partial charge is 0.344 e. The second kappa shape index (κ2) is 7.10. The lowest BCUT2D eigenvalue weighted by molar-refractivity contribution is 1.01. The van der Waals surface area contributed by atoms with Gasteiger partial charge in [-0.15, -0.1) is 0 Å². The highest BCUT2D eigenvalue weighted by Gasteiger charge is 2.13. The molecule has 162 valence electrons. The molecular formula is C32H24N2. The minimum Gasteiger partial charge on any atom is -0.344 e. The summed E-state index contributed by atoms with van der Waals surface area (Å²) in [5.74, 6) is 0. The fourth-order valence-electron chi connectivity index (χ4n) is 5.55. The Hall–Kier alpha value is -4.30.